The number of nitrogens with one attached hydrogen (secondary N) is 1. The first-order chi connectivity index (χ1) is 12.7. The minimum Gasteiger partial charge on any atom is -0.343 e. The van der Waals surface area contributed by atoms with E-state index in [0.717, 1.165) is 16.7 Å². The molecule has 1 aliphatic heterocycles. The second-order valence-corrected chi connectivity index (χ2v) is 6.68. The van der Waals surface area contributed by atoms with Gasteiger partial charge < -0.3 is 5.32 Å². The van der Waals surface area contributed by atoms with Crippen LogP contribution in [0.15, 0.2) is 84.9 Å². The summed E-state index contributed by atoms with van der Waals surface area (Å²) in [6.45, 7) is 2.11. The molecule has 0 saturated heterocycles. The van der Waals surface area contributed by atoms with Crippen molar-refractivity contribution in [3.05, 3.63) is 107 Å². The molecule has 26 heavy (non-hydrogen) atoms. The molecule has 0 aliphatic carbocycles. The van der Waals surface area contributed by atoms with E-state index in [1.165, 1.54) is 0 Å². The van der Waals surface area contributed by atoms with Crippen molar-refractivity contribution in [2.24, 2.45) is 0 Å². The van der Waals surface area contributed by atoms with Gasteiger partial charge in [0.1, 0.15) is 0 Å². The Morgan fingerprint density at radius 1 is 0.846 bits per heavy atom. The smallest absolute Gasteiger partial charge is 0.252 e. The molecule has 3 aromatic carbocycles. The van der Waals surface area contributed by atoms with Crippen LogP contribution in [0.5, 0.6) is 0 Å². The highest BCUT2D eigenvalue weighted by Crippen LogP contribution is 2.41. The van der Waals surface area contributed by atoms with Gasteiger partial charge in [-0.25, -0.2) is 0 Å². The van der Waals surface area contributed by atoms with Crippen LogP contribution in [0.4, 0.5) is 0 Å². The van der Waals surface area contributed by atoms with Gasteiger partial charge in [-0.15, -0.1) is 0 Å². The first kappa shape index (κ1) is 16.2. The van der Waals surface area contributed by atoms with Gasteiger partial charge in [0.05, 0.1) is 11.5 Å². The molecule has 1 N–H and O–H groups in total. The van der Waals surface area contributed by atoms with Crippen LogP contribution in [0.1, 0.15) is 40.0 Å². The number of hydrogen-bond acceptors (Lipinski definition) is 1. The van der Waals surface area contributed by atoms with Crippen molar-refractivity contribution in [1.82, 2.24) is 5.32 Å². The number of rotatable bonds is 1. The quantitative estimate of drug-likeness (QED) is 0.652. The van der Waals surface area contributed by atoms with Gasteiger partial charge in [-0.1, -0.05) is 78.6 Å². The molecule has 1 amide bonds. The van der Waals surface area contributed by atoms with E-state index in [1.807, 2.05) is 84.9 Å². The molecular formula is C24H19NO. The normalized spacial score (nSPS) is 21.1. The fourth-order valence-corrected chi connectivity index (χ4v) is 3.57. The Morgan fingerprint density at radius 2 is 1.46 bits per heavy atom. The van der Waals surface area contributed by atoms with Crippen LogP contribution in [0.2, 0.25) is 0 Å². The van der Waals surface area contributed by atoms with Crippen molar-refractivity contribution < 1.29 is 4.79 Å². The maximum absolute atomic E-state index is 12.7. The molecule has 2 nitrogen and oxygen atoms in total. The van der Waals surface area contributed by atoms with Crippen molar-refractivity contribution in [2.45, 2.75) is 18.4 Å². The van der Waals surface area contributed by atoms with Crippen molar-refractivity contribution >= 4 is 5.91 Å². The summed E-state index contributed by atoms with van der Waals surface area (Å²) in [6.07, 6.45) is 0. The molecule has 0 aromatic heterocycles. The van der Waals surface area contributed by atoms with E-state index < -0.39 is 5.41 Å². The summed E-state index contributed by atoms with van der Waals surface area (Å²) < 4.78 is 0. The Morgan fingerprint density at radius 3 is 2.19 bits per heavy atom. The lowest BCUT2D eigenvalue weighted by Gasteiger charge is -2.40. The molecule has 1 aliphatic rings. The van der Waals surface area contributed by atoms with Gasteiger partial charge in [-0.3, -0.25) is 4.79 Å². The number of fused-ring (bicyclic) bond motifs is 1. The van der Waals surface area contributed by atoms with Gasteiger partial charge in [0.25, 0.3) is 5.91 Å². The van der Waals surface area contributed by atoms with Gasteiger partial charge in [-0.2, -0.15) is 0 Å². The topological polar surface area (TPSA) is 29.1 Å². The van der Waals surface area contributed by atoms with Crippen LogP contribution in [-0.2, 0) is 5.41 Å². The van der Waals surface area contributed by atoms with E-state index >= 15 is 0 Å². The summed E-state index contributed by atoms with van der Waals surface area (Å²) in [6, 6.07) is 27.6. The number of carbonyl (C=O) groups excluding carboxylic acids is 1. The van der Waals surface area contributed by atoms with Crippen LogP contribution in [-0.4, -0.2) is 5.91 Å². The molecule has 2 heteroatoms. The average Bonchev–Trinajstić information content (AvgIpc) is 2.71. The predicted molar refractivity (Wildman–Crippen MR) is 104 cm³/mol. The highest BCUT2D eigenvalue weighted by molar-refractivity contribution is 5.98. The van der Waals surface area contributed by atoms with Gasteiger partial charge in [-0.05, 0) is 36.2 Å². The zero-order chi connectivity index (χ0) is 18.0. The van der Waals surface area contributed by atoms with Crippen LogP contribution in [0, 0.1) is 11.8 Å². The third-order valence-corrected chi connectivity index (χ3v) is 4.96. The maximum atomic E-state index is 12.7. The number of hydrogen-bond donors (Lipinski definition) is 1. The lowest BCUT2D eigenvalue weighted by Crippen LogP contribution is -2.47. The fourth-order valence-electron chi connectivity index (χ4n) is 3.57. The number of benzene rings is 3. The average molecular weight is 337 g/mol. The Hall–Kier alpha value is -3.31. The standard InChI is InChI=1S/C24H19NO/c1-24(17-16-18-10-4-2-5-11-18)21-15-9-8-14-20(21)23(26)25-22(24)19-12-6-3-7-13-19/h2-15,22H,1H3,(H,25,26). The largest absolute Gasteiger partial charge is 0.343 e. The molecule has 0 saturated carbocycles. The third-order valence-electron chi connectivity index (χ3n) is 4.96. The second kappa shape index (κ2) is 6.54. The van der Waals surface area contributed by atoms with Crippen LogP contribution >= 0.6 is 0 Å². The van der Waals surface area contributed by atoms with E-state index in [4.69, 9.17) is 0 Å². The van der Waals surface area contributed by atoms with E-state index in [0.29, 0.717) is 5.56 Å². The van der Waals surface area contributed by atoms with Crippen molar-refractivity contribution in [2.75, 3.05) is 0 Å². The summed E-state index contributed by atoms with van der Waals surface area (Å²) in [7, 11) is 0. The molecule has 0 spiro atoms. The van der Waals surface area contributed by atoms with Crippen molar-refractivity contribution in [3.8, 4) is 11.8 Å². The molecule has 0 fully saturated rings. The van der Waals surface area contributed by atoms with Gasteiger partial charge in [0.2, 0.25) is 0 Å². The summed E-state index contributed by atoms with van der Waals surface area (Å²) in [5.74, 6) is 6.74. The Bertz CT molecular complexity index is 998. The first-order valence-corrected chi connectivity index (χ1v) is 8.72. The lowest BCUT2D eigenvalue weighted by atomic mass is 9.69. The molecule has 3 aromatic rings. The van der Waals surface area contributed by atoms with Gasteiger partial charge in [0, 0.05) is 11.1 Å². The monoisotopic (exact) mass is 337 g/mol. The van der Waals surface area contributed by atoms with Gasteiger partial charge in [0.15, 0.2) is 0 Å². The second-order valence-electron chi connectivity index (χ2n) is 6.68. The summed E-state index contributed by atoms with van der Waals surface area (Å²) in [4.78, 5) is 12.7. The number of amides is 1. The summed E-state index contributed by atoms with van der Waals surface area (Å²) in [5, 5.41) is 3.17. The lowest BCUT2D eigenvalue weighted by molar-refractivity contribution is 0.0904. The predicted octanol–water partition coefficient (Wildman–Crippen LogP) is 4.48. The zero-order valence-corrected chi connectivity index (χ0v) is 14.6. The van der Waals surface area contributed by atoms with E-state index in [-0.39, 0.29) is 11.9 Å². The van der Waals surface area contributed by atoms with E-state index in [1.54, 1.807) is 0 Å². The zero-order valence-electron chi connectivity index (χ0n) is 14.6. The Labute approximate surface area is 153 Å². The highest BCUT2D eigenvalue weighted by Gasteiger charge is 2.43. The maximum Gasteiger partial charge on any atom is 0.252 e. The van der Waals surface area contributed by atoms with Crippen molar-refractivity contribution in [3.63, 3.8) is 0 Å². The minimum absolute atomic E-state index is 0.0477. The van der Waals surface area contributed by atoms with E-state index in [9.17, 15) is 4.79 Å². The van der Waals surface area contributed by atoms with Crippen LogP contribution in [0.25, 0.3) is 0 Å². The van der Waals surface area contributed by atoms with Crippen LogP contribution in [0.3, 0.4) is 0 Å². The summed E-state index contributed by atoms with van der Waals surface area (Å²) in [5.41, 5.74) is 3.17. The molecule has 2 atom stereocenters. The fraction of sp³-hybridized carbons (Fsp3) is 0.125. The van der Waals surface area contributed by atoms with Crippen LogP contribution < -0.4 is 5.32 Å². The minimum atomic E-state index is -0.526. The molecule has 2 unspecified atom stereocenters. The van der Waals surface area contributed by atoms with Crippen molar-refractivity contribution in [1.29, 1.82) is 0 Å². The molecule has 126 valence electrons. The molecule has 1 heterocycles. The van der Waals surface area contributed by atoms with Gasteiger partial charge >= 0.3 is 0 Å². The molecular weight excluding hydrogens is 318 g/mol. The summed E-state index contributed by atoms with van der Waals surface area (Å²) >= 11 is 0. The molecule has 0 bridgehead atoms. The molecule has 0 radical (unpaired) electrons. The first-order valence-electron chi connectivity index (χ1n) is 8.72. The Kier molecular flexibility index (Phi) is 4.07. The van der Waals surface area contributed by atoms with E-state index in [2.05, 4.69) is 24.1 Å². The number of carbonyl (C=O) groups is 1. The SMILES string of the molecule is CC1(C#Cc2ccccc2)c2ccccc2C(=O)NC1c1ccccc1. The highest BCUT2D eigenvalue weighted by atomic mass is 16.1. The molecule has 4 rings (SSSR count). The third kappa shape index (κ3) is 2.78. The Balaban J connectivity index is 1.90.